The topological polar surface area (TPSA) is 125 Å². The summed E-state index contributed by atoms with van der Waals surface area (Å²) >= 11 is 0. The molecule has 1 saturated heterocycles. The van der Waals surface area contributed by atoms with Crippen molar-refractivity contribution in [2.45, 2.75) is 24.5 Å². The second-order valence-corrected chi connectivity index (χ2v) is 7.25. The van der Waals surface area contributed by atoms with Crippen molar-refractivity contribution in [3.63, 3.8) is 0 Å². The van der Waals surface area contributed by atoms with Gasteiger partial charge in [-0.05, 0) is 17.5 Å². The Morgan fingerprint density at radius 2 is 1.53 bits per heavy atom. The summed E-state index contributed by atoms with van der Waals surface area (Å²) in [7, 11) is 0. The number of rotatable bonds is 11. The zero-order chi connectivity index (χ0) is 23.0. The summed E-state index contributed by atoms with van der Waals surface area (Å²) in [6.45, 7) is -1.01. The lowest BCUT2D eigenvalue weighted by Crippen LogP contribution is -2.45. The Morgan fingerprint density at radius 3 is 2.06 bits per heavy atom. The monoisotopic (exact) mass is 442 g/mol. The third-order valence-corrected chi connectivity index (χ3v) is 5.16. The van der Waals surface area contributed by atoms with Gasteiger partial charge in [-0.3, -0.25) is 9.59 Å². The van der Waals surface area contributed by atoms with Crippen LogP contribution in [0.4, 0.5) is 4.79 Å². The Bertz CT molecular complexity index is 877. The van der Waals surface area contributed by atoms with E-state index in [1.54, 1.807) is 48.5 Å². The van der Waals surface area contributed by atoms with E-state index in [4.69, 9.17) is 19.7 Å². The smallest absolute Gasteiger partial charge is 0.328 e. The molecule has 0 spiro atoms. The van der Waals surface area contributed by atoms with Crippen molar-refractivity contribution in [2.24, 2.45) is 0 Å². The van der Waals surface area contributed by atoms with Gasteiger partial charge in [0.05, 0.1) is 13.2 Å². The van der Waals surface area contributed by atoms with Gasteiger partial charge in [-0.1, -0.05) is 60.7 Å². The van der Waals surface area contributed by atoms with E-state index in [-0.39, 0.29) is 26.2 Å². The van der Waals surface area contributed by atoms with Crippen LogP contribution >= 0.6 is 0 Å². The number of carbonyl (C=O) groups is 3. The first-order chi connectivity index (χ1) is 15.5. The van der Waals surface area contributed by atoms with Gasteiger partial charge in [-0.25, -0.2) is 9.69 Å². The average Bonchev–Trinajstić information content (AvgIpc) is 3.09. The van der Waals surface area contributed by atoms with Gasteiger partial charge in [-0.2, -0.15) is 0 Å². The minimum atomic E-state index is -1.41. The Morgan fingerprint density at radius 1 is 0.969 bits per heavy atom. The second kappa shape index (κ2) is 10.9. The molecule has 0 aromatic heterocycles. The largest absolute Gasteiger partial charge is 0.444 e. The maximum absolute atomic E-state index is 13.4. The minimum absolute atomic E-state index is 0.00423. The fraction of sp³-hybridized carbons (Fsp3) is 0.348. The van der Waals surface area contributed by atoms with Gasteiger partial charge >= 0.3 is 12.0 Å². The van der Waals surface area contributed by atoms with Crippen molar-refractivity contribution in [3.8, 4) is 0 Å². The summed E-state index contributed by atoms with van der Waals surface area (Å²) in [5.74, 6) is -1.14. The first kappa shape index (κ1) is 23.4. The molecule has 1 aliphatic rings. The molecular formula is C23H26N2O7. The zero-order valence-electron chi connectivity index (χ0n) is 17.5. The molecule has 1 heterocycles. The van der Waals surface area contributed by atoms with Crippen molar-refractivity contribution in [1.29, 1.82) is 0 Å². The summed E-state index contributed by atoms with van der Waals surface area (Å²) in [6, 6.07) is 17.1. The Kier molecular flexibility index (Phi) is 7.93. The molecule has 0 aliphatic carbocycles. The molecule has 2 aromatic carbocycles. The maximum atomic E-state index is 13.4. The number of amides is 3. The molecule has 0 atom stereocenters. The second-order valence-electron chi connectivity index (χ2n) is 7.25. The summed E-state index contributed by atoms with van der Waals surface area (Å²) in [6.07, 6.45) is -0.399. The van der Waals surface area contributed by atoms with Gasteiger partial charge in [0.1, 0.15) is 6.10 Å². The number of imide groups is 1. The molecule has 0 radical (unpaired) electrons. The van der Waals surface area contributed by atoms with Gasteiger partial charge in [0.2, 0.25) is 0 Å². The predicted octanol–water partition coefficient (Wildman–Crippen LogP) is 1.13. The van der Waals surface area contributed by atoms with E-state index >= 15 is 0 Å². The van der Waals surface area contributed by atoms with Crippen LogP contribution in [0, 0.1) is 0 Å². The third-order valence-electron chi connectivity index (χ3n) is 5.16. The van der Waals surface area contributed by atoms with Crippen molar-refractivity contribution in [1.82, 2.24) is 10.2 Å². The number of nitrogens with zero attached hydrogens (tertiary/aromatic N) is 1. The first-order valence-electron chi connectivity index (χ1n) is 10.3. The Hall–Kier alpha value is -3.27. The van der Waals surface area contributed by atoms with Crippen LogP contribution in [-0.4, -0.2) is 65.7 Å². The molecule has 170 valence electrons. The van der Waals surface area contributed by atoms with Crippen LogP contribution in [0.3, 0.4) is 0 Å². The van der Waals surface area contributed by atoms with E-state index in [0.717, 1.165) is 4.90 Å². The zero-order valence-corrected chi connectivity index (χ0v) is 17.5. The molecular weight excluding hydrogens is 416 g/mol. The number of aliphatic hydroxyl groups is 2. The van der Waals surface area contributed by atoms with E-state index < -0.39 is 36.3 Å². The van der Waals surface area contributed by atoms with Crippen molar-refractivity contribution in [2.75, 3.05) is 26.6 Å². The van der Waals surface area contributed by atoms with E-state index in [1.165, 1.54) is 0 Å². The van der Waals surface area contributed by atoms with Crippen LogP contribution in [0.2, 0.25) is 0 Å². The quantitative estimate of drug-likeness (QED) is 0.271. The van der Waals surface area contributed by atoms with Gasteiger partial charge in [-0.15, -0.1) is 0 Å². The molecule has 32 heavy (non-hydrogen) atoms. The van der Waals surface area contributed by atoms with E-state index in [2.05, 4.69) is 5.32 Å². The van der Waals surface area contributed by atoms with Gasteiger partial charge in [0, 0.05) is 13.0 Å². The highest BCUT2D eigenvalue weighted by Gasteiger charge is 2.54. The number of carbonyl (C=O) groups excluding carboxylic acids is 3. The number of ether oxygens (including phenoxy) is 2. The molecule has 0 bridgehead atoms. The molecule has 3 rings (SSSR count). The molecule has 3 amide bonds. The number of hydrogen-bond donors (Lipinski definition) is 3. The van der Waals surface area contributed by atoms with Crippen molar-refractivity contribution < 1.29 is 34.1 Å². The van der Waals surface area contributed by atoms with Crippen LogP contribution in [0.15, 0.2) is 60.7 Å². The van der Waals surface area contributed by atoms with Crippen LogP contribution < -0.4 is 5.32 Å². The molecule has 2 aromatic rings. The third kappa shape index (κ3) is 4.96. The Balaban J connectivity index is 1.66. The first-order valence-corrected chi connectivity index (χ1v) is 10.3. The molecule has 1 aliphatic heterocycles. The van der Waals surface area contributed by atoms with Gasteiger partial charge in [0.15, 0.2) is 12.3 Å². The lowest BCUT2D eigenvalue weighted by Gasteiger charge is -2.27. The van der Waals surface area contributed by atoms with E-state index in [1.807, 2.05) is 12.1 Å². The molecule has 1 fully saturated rings. The average molecular weight is 442 g/mol. The summed E-state index contributed by atoms with van der Waals surface area (Å²) in [5.41, 5.74) is -0.223. The fourth-order valence-electron chi connectivity index (χ4n) is 3.47. The van der Waals surface area contributed by atoms with Crippen molar-refractivity contribution in [3.05, 3.63) is 71.8 Å². The summed E-state index contributed by atoms with van der Waals surface area (Å²) < 4.78 is 10.3. The fourth-order valence-corrected chi connectivity index (χ4v) is 3.47. The standard InChI is InChI=1S/C23H26N2O7/c26-14-19(15-27)31-13-7-12-20(28)32-16-25-21(29)23(24-22(25)30,17-8-3-1-4-9-17)18-10-5-2-6-11-18/h1-6,8-11,19,26-27H,7,12-16H2,(H,24,30). The maximum Gasteiger partial charge on any atom is 0.328 e. The number of benzene rings is 2. The summed E-state index contributed by atoms with van der Waals surface area (Å²) in [5, 5.41) is 20.7. The minimum Gasteiger partial charge on any atom is -0.444 e. The molecule has 9 heteroatoms. The predicted molar refractivity (Wildman–Crippen MR) is 113 cm³/mol. The number of esters is 1. The normalized spacial score (nSPS) is 15.2. The molecule has 0 saturated carbocycles. The SMILES string of the molecule is O=C(CCCOC(CO)CO)OCN1C(=O)NC(c2ccccc2)(c2ccccc2)C1=O. The van der Waals surface area contributed by atoms with Crippen LogP contribution in [0.5, 0.6) is 0 Å². The Labute approximate surface area is 185 Å². The highest BCUT2D eigenvalue weighted by Crippen LogP contribution is 2.35. The van der Waals surface area contributed by atoms with Crippen molar-refractivity contribution >= 4 is 17.9 Å². The number of aliphatic hydroxyl groups excluding tert-OH is 2. The van der Waals surface area contributed by atoms with Gasteiger partial charge < -0.3 is 25.0 Å². The van der Waals surface area contributed by atoms with Crippen LogP contribution in [-0.2, 0) is 24.6 Å². The highest BCUT2D eigenvalue weighted by molar-refractivity contribution is 6.09. The number of nitrogens with one attached hydrogen (secondary N) is 1. The summed E-state index contributed by atoms with van der Waals surface area (Å²) in [4.78, 5) is 39.1. The lowest BCUT2D eigenvalue weighted by atomic mass is 9.83. The molecule has 3 N–H and O–H groups in total. The molecule has 0 unspecified atom stereocenters. The number of urea groups is 1. The number of hydrogen-bond acceptors (Lipinski definition) is 7. The molecule has 9 nitrogen and oxygen atoms in total. The highest BCUT2D eigenvalue weighted by atomic mass is 16.5. The van der Waals surface area contributed by atoms with E-state index in [0.29, 0.717) is 17.5 Å². The van der Waals surface area contributed by atoms with Crippen LogP contribution in [0.25, 0.3) is 0 Å². The van der Waals surface area contributed by atoms with Gasteiger partial charge in [0.25, 0.3) is 5.91 Å². The lowest BCUT2D eigenvalue weighted by molar-refractivity contribution is -0.150. The van der Waals surface area contributed by atoms with Crippen LogP contribution in [0.1, 0.15) is 24.0 Å². The van der Waals surface area contributed by atoms with E-state index in [9.17, 15) is 14.4 Å².